The quantitative estimate of drug-likeness (QED) is 0.806. The summed E-state index contributed by atoms with van der Waals surface area (Å²) in [6, 6.07) is 1.57. The summed E-state index contributed by atoms with van der Waals surface area (Å²) in [7, 11) is -3.46. The highest BCUT2D eigenvalue weighted by atomic mass is 32.2. The molecule has 0 unspecified atom stereocenters. The summed E-state index contributed by atoms with van der Waals surface area (Å²) < 4.78 is 24.0. The van der Waals surface area contributed by atoms with Gasteiger partial charge >= 0.3 is 6.03 Å². The summed E-state index contributed by atoms with van der Waals surface area (Å²) in [6.07, 6.45) is 5.36. The van der Waals surface area contributed by atoms with Crippen LogP contribution in [0.5, 0.6) is 5.88 Å². The fourth-order valence-corrected chi connectivity index (χ4v) is 5.57. The van der Waals surface area contributed by atoms with E-state index < -0.39 is 15.9 Å². The second-order valence-corrected chi connectivity index (χ2v) is 9.70. The smallest absolute Gasteiger partial charge is 0.354 e. The van der Waals surface area contributed by atoms with Crippen LogP contribution in [-0.4, -0.2) is 26.1 Å². The van der Waals surface area contributed by atoms with Crippen LogP contribution in [0.25, 0.3) is 0 Å². The Hall–Kier alpha value is -2.39. The highest BCUT2D eigenvalue weighted by Gasteiger charge is 2.32. The molecular weight excluding hydrogens is 378 g/mol. The second kappa shape index (κ2) is 6.05. The summed E-state index contributed by atoms with van der Waals surface area (Å²) in [5, 5.41) is 13.0. The van der Waals surface area contributed by atoms with Crippen LogP contribution in [-0.2, 0) is 35.7 Å². The van der Waals surface area contributed by atoms with E-state index in [9.17, 15) is 9.00 Å². The van der Waals surface area contributed by atoms with E-state index in [-0.39, 0.29) is 11.0 Å². The summed E-state index contributed by atoms with van der Waals surface area (Å²) in [5.74, 6) is 0.724. The van der Waals surface area contributed by atoms with Crippen molar-refractivity contribution >= 4 is 21.6 Å². The third-order valence-corrected chi connectivity index (χ3v) is 7.16. The average Bonchev–Trinajstić information content (AvgIpc) is 3.27. The lowest BCUT2D eigenvalue weighted by molar-refractivity contribution is 0.248. The number of anilines is 1. The van der Waals surface area contributed by atoms with Crippen LogP contribution in [0, 0.1) is 0 Å². The first-order chi connectivity index (χ1) is 13.3. The van der Waals surface area contributed by atoms with E-state index in [1.54, 1.807) is 4.68 Å². The number of carbonyl (C=O) groups excluding carboxylic acids is 1. The predicted molar refractivity (Wildman–Crippen MR) is 105 cm³/mol. The molecule has 0 saturated carbocycles. The van der Waals surface area contributed by atoms with E-state index in [1.807, 2.05) is 6.92 Å². The molecule has 3 N–H and O–H groups in total. The number of rotatable bonds is 2. The number of nitrogens with zero attached hydrogens (tertiary/aromatic N) is 3. The normalized spacial score (nSPS) is 23.7. The van der Waals surface area contributed by atoms with Gasteiger partial charge in [0, 0.05) is 5.69 Å². The van der Waals surface area contributed by atoms with E-state index >= 15 is 0 Å². The third-order valence-electron chi connectivity index (χ3n) is 5.81. The van der Waals surface area contributed by atoms with Gasteiger partial charge in [0.1, 0.15) is 11.0 Å². The standard InChI is InChI=1S/C19H23N5O3S/c1-10-6-13-7-12-4-3-5-14(12)17(16(10)13)22-19(25)23-28(20,26)15-8-21-24-9-11(2)27-18(15)24/h7-8,10-11H,3-6,9H2,1-2H3,(H3,20,22,23,25,26)/t10-,11-,28+/m1/s1. The Labute approximate surface area is 163 Å². The van der Waals surface area contributed by atoms with Gasteiger partial charge in [-0.15, -0.1) is 4.36 Å². The molecule has 1 aliphatic heterocycles. The minimum atomic E-state index is -3.46. The topological polar surface area (TPSA) is 112 Å². The number of nitrogens with one attached hydrogen (secondary N) is 1. The average molecular weight is 401 g/mol. The monoisotopic (exact) mass is 401 g/mol. The molecule has 1 aromatic carbocycles. The predicted octanol–water partition coefficient (Wildman–Crippen LogP) is 2.75. The Morgan fingerprint density at radius 1 is 1.39 bits per heavy atom. The van der Waals surface area contributed by atoms with E-state index in [0.29, 0.717) is 18.3 Å². The molecule has 0 spiro atoms. The van der Waals surface area contributed by atoms with Gasteiger partial charge in [-0.1, -0.05) is 13.0 Å². The number of aryl methyl sites for hydroxylation is 1. The van der Waals surface area contributed by atoms with Gasteiger partial charge in [-0.25, -0.2) is 18.8 Å². The Morgan fingerprint density at radius 3 is 3.00 bits per heavy atom. The van der Waals surface area contributed by atoms with Gasteiger partial charge in [0.15, 0.2) is 9.92 Å². The number of hydrogen-bond donors (Lipinski definition) is 2. The summed E-state index contributed by atoms with van der Waals surface area (Å²) in [4.78, 5) is 12.8. The summed E-state index contributed by atoms with van der Waals surface area (Å²) in [6.45, 7) is 4.59. The van der Waals surface area contributed by atoms with Crippen LogP contribution < -0.4 is 15.2 Å². The van der Waals surface area contributed by atoms with Crippen molar-refractivity contribution in [1.29, 1.82) is 0 Å². The number of urea groups is 1. The summed E-state index contributed by atoms with van der Waals surface area (Å²) in [5.41, 5.74) is 5.79. The molecule has 0 bridgehead atoms. The van der Waals surface area contributed by atoms with E-state index in [4.69, 9.17) is 9.88 Å². The maximum Gasteiger partial charge on any atom is 0.354 e. The fraction of sp³-hybridized carbons (Fsp3) is 0.474. The van der Waals surface area contributed by atoms with Crippen molar-refractivity contribution in [3.63, 3.8) is 0 Å². The molecule has 0 radical (unpaired) electrons. The number of benzene rings is 1. The van der Waals surface area contributed by atoms with Gasteiger partial charge in [-0.3, -0.25) is 0 Å². The van der Waals surface area contributed by atoms with Crippen molar-refractivity contribution in [3.8, 4) is 5.88 Å². The Balaban J connectivity index is 1.49. The van der Waals surface area contributed by atoms with Crippen molar-refractivity contribution in [2.24, 2.45) is 9.50 Å². The van der Waals surface area contributed by atoms with Crippen LogP contribution in [0.3, 0.4) is 0 Å². The SMILES string of the molecule is C[C@@H]1Cn2ncc([S@@](N)(=O)=NC(=O)Nc3c4c(cc5c3[C@H](C)C5)CCC4)c2O1. The maximum absolute atomic E-state index is 13.0. The molecule has 2 aliphatic carbocycles. The van der Waals surface area contributed by atoms with E-state index in [2.05, 4.69) is 27.8 Å². The number of aromatic nitrogens is 2. The first-order valence-corrected chi connectivity index (χ1v) is 11.2. The number of nitrogens with two attached hydrogens (primary N) is 1. The molecule has 9 heteroatoms. The second-order valence-electron chi connectivity index (χ2n) is 7.94. The van der Waals surface area contributed by atoms with Crippen LogP contribution in [0.2, 0.25) is 0 Å². The molecule has 148 valence electrons. The van der Waals surface area contributed by atoms with Crippen molar-refractivity contribution in [1.82, 2.24) is 9.78 Å². The van der Waals surface area contributed by atoms with Crippen LogP contribution in [0.1, 0.15) is 48.4 Å². The van der Waals surface area contributed by atoms with Crippen LogP contribution in [0.15, 0.2) is 21.5 Å². The maximum atomic E-state index is 13.0. The Bertz CT molecular complexity index is 1130. The van der Waals surface area contributed by atoms with E-state index in [1.165, 1.54) is 28.5 Å². The first kappa shape index (κ1) is 17.7. The molecular formula is C19H23N5O3S. The molecule has 8 nitrogen and oxygen atoms in total. The Morgan fingerprint density at radius 2 is 2.21 bits per heavy atom. The molecule has 0 fully saturated rings. The Kier molecular flexibility index (Phi) is 3.82. The molecule has 3 aliphatic rings. The highest BCUT2D eigenvalue weighted by Crippen LogP contribution is 2.45. The lowest BCUT2D eigenvalue weighted by Gasteiger charge is -2.31. The molecule has 3 atom stereocenters. The number of carbonyl (C=O) groups is 1. The first-order valence-electron chi connectivity index (χ1n) is 9.59. The van der Waals surface area contributed by atoms with E-state index in [0.717, 1.165) is 31.4 Å². The third kappa shape index (κ3) is 2.64. The van der Waals surface area contributed by atoms with Crippen LogP contribution in [0.4, 0.5) is 10.5 Å². The van der Waals surface area contributed by atoms with Gasteiger partial charge in [0.25, 0.3) is 0 Å². The molecule has 2 heterocycles. The molecule has 28 heavy (non-hydrogen) atoms. The lowest BCUT2D eigenvalue weighted by Crippen LogP contribution is -2.23. The number of fused-ring (bicyclic) bond motifs is 3. The zero-order chi connectivity index (χ0) is 19.6. The number of ether oxygens (including phenoxy) is 1. The van der Waals surface area contributed by atoms with Crippen LogP contribution >= 0.6 is 0 Å². The van der Waals surface area contributed by atoms with Crippen molar-refractivity contribution in [3.05, 3.63) is 34.5 Å². The minimum Gasteiger partial charge on any atom is -0.472 e. The minimum absolute atomic E-state index is 0.0845. The molecule has 2 amide bonds. The number of amides is 2. The molecule has 2 aromatic rings. The molecule has 0 saturated heterocycles. The number of hydrogen-bond acceptors (Lipinski definition) is 4. The van der Waals surface area contributed by atoms with Gasteiger partial charge in [0.2, 0.25) is 5.88 Å². The van der Waals surface area contributed by atoms with Crippen molar-refractivity contribution in [2.45, 2.75) is 63.0 Å². The summed E-state index contributed by atoms with van der Waals surface area (Å²) >= 11 is 0. The highest BCUT2D eigenvalue weighted by molar-refractivity contribution is 7.91. The zero-order valence-corrected chi connectivity index (χ0v) is 16.7. The fourth-order valence-electron chi connectivity index (χ4n) is 4.58. The van der Waals surface area contributed by atoms with Gasteiger partial charge in [0.05, 0.1) is 12.7 Å². The molecule has 1 aromatic heterocycles. The van der Waals surface area contributed by atoms with Crippen molar-refractivity contribution < 1.29 is 13.7 Å². The molecule has 5 rings (SSSR count). The van der Waals surface area contributed by atoms with Gasteiger partial charge < -0.3 is 10.1 Å². The zero-order valence-electron chi connectivity index (χ0n) is 15.9. The largest absolute Gasteiger partial charge is 0.472 e. The van der Waals surface area contributed by atoms with Crippen molar-refractivity contribution in [2.75, 3.05) is 5.32 Å². The van der Waals surface area contributed by atoms with Gasteiger partial charge in [-0.05, 0) is 60.8 Å². The van der Waals surface area contributed by atoms with Gasteiger partial charge in [-0.2, -0.15) is 5.10 Å². The lowest BCUT2D eigenvalue weighted by atomic mass is 9.75.